The molecule has 1 saturated heterocycles. The summed E-state index contributed by atoms with van der Waals surface area (Å²) < 4.78 is 27.4. The number of nitrogens with one attached hydrogen (secondary N) is 1. The predicted molar refractivity (Wildman–Crippen MR) is 159 cm³/mol. The van der Waals surface area contributed by atoms with Gasteiger partial charge in [0.05, 0.1) is 5.02 Å². The van der Waals surface area contributed by atoms with E-state index >= 15 is 0 Å². The Morgan fingerprint density at radius 1 is 0.925 bits per heavy atom. The van der Waals surface area contributed by atoms with Crippen LogP contribution in [-0.4, -0.2) is 47.9 Å². The molecule has 6 rings (SSSR count). The molecule has 1 unspecified atom stereocenters. The molecule has 1 atom stereocenters. The number of halogens is 2. The molecule has 0 spiro atoms. The maximum atomic E-state index is 11.4. The van der Waals surface area contributed by atoms with E-state index in [0.717, 1.165) is 35.5 Å². The van der Waals surface area contributed by atoms with Gasteiger partial charge in [0, 0.05) is 52.6 Å². The van der Waals surface area contributed by atoms with Crippen molar-refractivity contribution >= 4 is 51.5 Å². The van der Waals surface area contributed by atoms with Crippen LogP contribution < -0.4 is 9.62 Å². The van der Waals surface area contributed by atoms with Crippen molar-refractivity contribution < 1.29 is 8.76 Å². The van der Waals surface area contributed by atoms with E-state index < -0.39 is 11.3 Å². The second kappa shape index (κ2) is 11.3. The van der Waals surface area contributed by atoms with Gasteiger partial charge in [-0.3, -0.25) is 8.78 Å². The number of hydrogen-bond acceptors (Lipinski definition) is 6. The fourth-order valence-corrected chi connectivity index (χ4v) is 6.21. The fourth-order valence-electron chi connectivity index (χ4n) is 5.47. The van der Waals surface area contributed by atoms with Gasteiger partial charge in [0.15, 0.2) is 17.0 Å². The summed E-state index contributed by atoms with van der Waals surface area (Å²) in [5.74, 6) is 1.38. The standard InChI is InChI=1S/C29H26Cl2N6O2S/c30-21-10-12-22(13-11-21)37-26(23-8-4-5-9-24(23)31)35-25-27(32-19-33-28(25)37)36-16-14-29(15-17-36,18-34-40(38)39)20-6-2-1-3-7-20/h1-13,19,34H,14-18H2,(H,38,39)/p-1. The van der Waals surface area contributed by atoms with Crippen LogP contribution in [0.3, 0.4) is 0 Å². The molecule has 0 aliphatic carbocycles. The number of fused-ring (bicyclic) bond motifs is 1. The monoisotopic (exact) mass is 591 g/mol. The summed E-state index contributed by atoms with van der Waals surface area (Å²) in [5, 5.41) is 1.21. The van der Waals surface area contributed by atoms with Crippen molar-refractivity contribution in [2.24, 2.45) is 0 Å². The molecule has 1 aliphatic rings. The molecule has 0 bridgehead atoms. The molecule has 0 radical (unpaired) electrons. The first kappa shape index (κ1) is 26.9. The highest BCUT2D eigenvalue weighted by Crippen LogP contribution is 2.39. The summed E-state index contributed by atoms with van der Waals surface area (Å²) in [7, 11) is 0. The summed E-state index contributed by atoms with van der Waals surface area (Å²) in [6.07, 6.45) is 3.03. The summed E-state index contributed by atoms with van der Waals surface area (Å²) in [5.41, 5.74) is 3.75. The third kappa shape index (κ3) is 5.11. The van der Waals surface area contributed by atoms with Crippen LogP contribution in [-0.2, 0) is 16.7 Å². The van der Waals surface area contributed by atoms with Crippen LogP contribution in [0.15, 0.2) is 85.2 Å². The molecule has 3 heterocycles. The van der Waals surface area contributed by atoms with Crippen molar-refractivity contribution in [2.45, 2.75) is 18.3 Å². The third-order valence-electron chi connectivity index (χ3n) is 7.56. The number of rotatable bonds is 7. The van der Waals surface area contributed by atoms with E-state index in [-0.39, 0.29) is 5.41 Å². The lowest BCUT2D eigenvalue weighted by atomic mass is 9.73. The quantitative estimate of drug-likeness (QED) is 0.243. The maximum Gasteiger partial charge on any atom is 0.170 e. The SMILES string of the molecule is O=S([O-])NCC1(c2ccccc2)CCN(c2ncnc3c2nc(-c2ccccc2Cl)n3-c2ccc(Cl)cc2)CC1. The molecule has 1 aliphatic heterocycles. The highest BCUT2D eigenvalue weighted by Gasteiger charge is 2.37. The Kier molecular flexibility index (Phi) is 7.57. The van der Waals surface area contributed by atoms with Gasteiger partial charge < -0.3 is 9.45 Å². The molecular formula is C29H25Cl2N6O2S-. The lowest BCUT2D eigenvalue weighted by Crippen LogP contribution is -2.48. The van der Waals surface area contributed by atoms with E-state index in [2.05, 4.69) is 31.7 Å². The minimum Gasteiger partial charge on any atom is -0.760 e. The average molecular weight is 593 g/mol. The highest BCUT2D eigenvalue weighted by atomic mass is 35.5. The highest BCUT2D eigenvalue weighted by molar-refractivity contribution is 7.77. The zero-order chi connectivity index (χ0) is 27.7. The van der Waals surface area contributed by atoms with E-state index in [4.69, 9.17) is 28.2 Å². The molecule has 204 valence electrons. The number of hydrogen-bond donors (Lipinski definition) is 1. The van der Waals surface area contributed by atoms with Gasteiger partial charge in [-0.25, -0.2) is 19.7 Å². The first-order valence-electron chi connectivity index (χ1n) is 12.8. The number of imidazole rings is 1. The maximum absolute atomic E-state index is 11.4. The Morgan fingerprint density at radius 3 is 2.33 bits per heavy atom. The smallest absolute Gasteiger partial charge is 0.170 e. The molecule has 2 aromatic heterocycles. The van der Waals surface area contributed by atoms with E-state index in [1.165, 1.54) is 0 Å². The van der Waals surface area contributed by atoms with E-state index in [9.17, 15) is 8.76 Å². The van der Waals surface area contributed by atoms with Gasteiger partial charge in [0.1, 0.15) is 12.2 Å². The fraction of sp³-hybridized carbons (Fsp3) is 0.207. The van der Waals surface area contributed by atoms with Crippen LogP contribution >= 0.6 is 23.2 Å². The van der Waals surface area contributed by atoms with Crippen molar-refractivity contribution in [1.82, 2.24) is 24.2 Å². The number of anilines is 1. The van der Waals surface area contributed by atoms with Gasteiger partial charge in [-0.15, -0.1) is 0 Å². The van der Waals surface area contributed by atoms with Gasteiger partial charge in [-0.1, -0.05) is 65.7 Å². The average Bonchev–Trinajstić information content (AvgIpc) is 3.37. The van der Waals surface area contributed by atoms with Crippen molar-refractivity contribution in [1.29, 1.82) is 0 Å². The second-order valence-corrected chi connectivity index (χ2v) is 11.4. The van der Waals surface area contributed by atoms with E-state index in [1.807, 2.05) is 71.3 Å². The van der Waals surface area contributed by atoms with Crippen LogP contribution in [0.4, 0.5) is 5.82 Å². The van der Waals surface area contributed by atoms with Crippen molar-refractivity contribution in [3.63, 3.8) is 0 Å². The topological polar surface area (TPSA) is 99.0 Å². The van der Waals surface area contributed by atoms with E-state index in [1.54, 1.807) is 6.33 Å². The molecule has 8 nitrogen and oxygen atoms in total. The number of piperidine rings is 1. The first-order chi connectivity index (χ1) is 19.4. The molecule has 5 aromatic rings. The molecule has 0 amide bonds. The van der Waals surface area contributed by atoms with Gasteiger partial charge in [-0.05, 0) is 54.8 Å². The Labute approximate surface area is 244 Å². The van der Waals surface area contributed by atoms with Crippen molar-refractivity contribution in [2.75, 3.05) is 24.5 Å². The molecule has 3 aromatic carbocycles. The minimum absolute atomic E-state index is 0.324. The van der Waals surface area contributed by atoms with E-state index in [0.29, 0.717) is 46.7 Å². The molecule has 40 heavy (non-hydrogen) atoms. The Balaban J connectivity index is 1.42. The van der Waals surface area contributed by atoms with Gasteiger partial charge in [-0.2, -0.15) is 0 Å². The molecule has 0 saturated carbocycles. The Hall–Kier alpha value is -3.34. The minimum atomic E-state index is -2.34. The molecule has 1 N–H and O–H groups in total. The summed E-state index contributed by atoms with van der Waals surface area (Å²) in [6.45, 7) is 1.68. The number of benzene rings is 3. The summed E-state index contributed by atoms with van der Waals surface area (Å²) in [4.78, 5) is 16.6. The van der Waals surface area contributed by atoms with Crippen LogP contribution in [0.5, 0.6) is 0 Å². The lowest BCUT2D eigenvalue weighted by Gasteiger charge is -2.43. The second-order valence-electron chi connectivity index (χ2n) is 9.79. The zero-order valence-electron chi connectivity index (χ0n) is 21.3. The van der Waals surface area contributed by atoms with Gasteiger partial charge >= 0.3 is 0 Å². The number of aromatic nitrogens is 4. The normalized spacial score (nSPS) is 15.8. The summed E-state index contributed by atoms with van der Waals surface area (Å²) in [6, 6.07) is 25.2. The molecular weight excluding hydrogens is 567 g/mol. The molecule has 1 fully saturated rings. The van der Waals surface area contributed by atoms with Crippen LogP contribution in [0.2, 0.25) is 10.0 Å². The van der Waals surface area contributed by atoms with Gasteiger partial charge in [0.2, 0.25) is 0 Å². The van der Waals surface area contributed by atoms with Gasteiger partial charge in [0.25, 0.3) is 0 Å². The van der Waals surface area contributed by atoms with Crippen LogP contribution in [0.25, 0.3) is 28.2 Å². The predicted octanol–water partition coefficient (Wildman–Crippen LogP) is 5.71. The first-order valence-corrected chi connectivity index (χ1v) is 14.7. The molecule has 11 heteroatoms. The lowest BCUT2D eigenvalue weighted by molar-refractivity contribution is 0.327. The van der Waals surface area contributed by atoms with Crippen molar-refractivity contribution in [3.05, 3.63) is 101 Å². The van der Waals surface area contributed by atoms with Crippen molar-refractivity contribution in [3.8, 4) is 17.1 Å². The summed E-state index contributed by atoms with van der Waals surface area (Å²) >= 11 is 10.5. The number of nitrogens with zero attached hydrogens (tertiary/aromatic N) is 5. The zero-order valence-corrected chi connectivity index (χ0v) is 23.7. The third-order valence-corrected chi connectivity index (χ3v) is 8.52. The van der Waals surface area contributed by atoms with Crippen LogP contribution in [0.1, 0.15) is 18.4 Å². The Bertz CT molecular complexity index is 1670. The largest absolute Gasteiger partial charge is 0.760 e. The Morgan fingerprint density at radius 2 is 1.62 bits per heavy atom. The van der Waals surface area contributed by atoms with Crippen LogP contribution in [0, 0.1) is 0 Å².